The number of aryl methyl sites for hydroxylation is 2. The minimum absolute atomic E-state index is 0.219. The van der Waals surface area contributed by atoms with E-state index in [1.54, 1.807) is 24.3 Å². The molecule has 4 rings (SSSR count). The Morgan fingerprint density at radius 2 is 1.75 bits per heavy atom. The van der Waals surface area contributed by atoms with Gasteiger partial charge in [0.25, 0.3) is 5.91 Å². The van der Waals surface area contributed by atoms with Crippen molar-refractivity contribution >= 4 is 39.8 Å². The number of hydrogen-bond donors (Lipinski definition) is 2. The molecule has 0 aliphatic heterocycles. The van der Waals surface area contributed by atoms with Gasteiger partial charge in [-0.3, -0.25) is 9.59 Å². The molecule has 1 aliphatic carbocycles. The van der Waals surface area contributed by atoms with Crippen molar-refractivity contribution < 1.29 is 19.1 Å². The number of benzene rings is 2. The highest BCUT2D eigenvalue weighted by Gasteiger charge is 2.23. The Hall–Kier alpha value is -3.45. The van der Waals surface area contributed by atoms with Gasteiger partial charge in [0.15, 0.2) is 0 Å². The molecule has 1 aromatic heterocycles. The summed E-state index contributed by atoms with van der Waals surface area (Å²) in [5.41, 5.74) is 5.61. The fraction of sp³-hybridized carbons (Fsp3) is 0.240. The van der Waals surface area contributed by atoms with Crippen molar-refractivity contribution in [2.45, 2.75) is 32.6 Å². The van der Waals surface area contributed by atoms with Crippen molar-refractivity contribution in [2.75, 3.05) is 17.7 Å². The van der Waals surface area contributed by atoms with E-state index < -0.39 is 5.97 Å². The second-order valence-corrected chi connectivity index (χ2v) is 8.63. The zero-order valence-electron chi connectivity index (χ0n) is 18.0. The molecule has 0 radical (unpaired) electrons. The largest absolute Gasteiger partial charge is 0.465 e. The number of hydrogen-bond acceptors (Lipinski definition) is 5. The maximum Gasteiger partial charge on any atom is 0.341 e. The van der Waals surface area contributed by atoms with Gasteiger partial charge in [0.05, 0.1) is 7.11 Å². The first-order valence-corrected chi connectivity index (χ1v) is 11.3. The van der Waals surface area contributed by atoms with Gasteiger partial charge in [0, 0.05) is 29.1 Å². The number of carbonyl (C=O) groups excluding carboxylic acids is 3. The highest BCUT2D eigenvalue weighted by Crippen LogP contribution is 2.38. The van der Waals surface area contributed by atoms with E-state index in [-0.39, 0.29) is 11.8 Å². The quantitative estimate of drug-likeness (QED) is 0.520. The van der Waals surface area contributed by atoms with Gasteiger partial charge in [0.2, 0.25) is 5.91 Å². The van der Waals surface area contributed by atoms with Gasteiger partial charge in [0.1, 0.15) is 10.6 Å². The van der Waals surface area contributed by atoms with E-state index in [1.807, 2.05) is 11.4 Å². The first kappa shape index (κ1) is 21.8. The van der Waals surface area contributed by atoms with Gasteiger partial charge >= 0.3 is 5.97 Å². The summed E-state index contributed by atoms with van der Waals surface area (Å²) in [6.45, 7) is 1.41. The first-order chi connectivity index (χ1) is 15.5. The minimum Gasteiger partial charge on any atom is -0.465 e. The van der Waals surface area contributed by atoms with Crippen LogP contribution in [0.1, 0.15) is 51.6 Å². The third kappa shape index (κ3) is 4.57. The number of nitrogens with one attached hydrogen (secondary N) is 2. The molecule has 2 N–H and O–H groups in total. The monoisotopic (exact) mass is 448 g/mol. The molecule has 1 heterocycles. The van der Waals surface area contributed by atoms with E-state index in [4.69, 9.17) is 4.74 Å². The lowest BCUT2D eigenvalue weighted by Crippen LogP contribution is -2.15. The van der Waals surface area contributed by atoms with Crippen LogP contribution in [0.25, 0.3) is 11.1 Å². The molecule has 0 fully saturated rings. The third-order valence-electron chi connectivity index (χ3n) is 5.51. The van der Waals surface area contributed by atoms with Crippen LogP contribution >= 0.6 is 11.3 Å². The zero-order chi connectivity index (χ0) is 22.7. The molecule has 6 nitrogen and oxygen atoms in total. The lowest BCUT2D eigenvalue weighted by Gasteiger charge is -2.16. The Morgan fingerprint density at radius 3 is 2.50 bits per heavy atom. The van der Waals surface area contributed by atoms with Crippen molar-refractivity contribution in [3.05, 3.63) is 70.1 Å². The Labute approximate surface area is 190 Å². The van der Waals surface area contributed by atoms with Crippen LogP contribution in [0.15, 0.2) is 47.8 Å². The van der Waals surface area contributed by atoms with Crippen LogP contribution in [0.2, 0.25) is 0 Å². The molecule has 2 aromatic carbocycles. The molecule has 0 saturated heterocycles. The molecule has 2 amide bonds. The number of anilines is 2. The average molecular weight is 449 g/mol. The summed E-state index contributed by atoms with van der Waals surface area (Å²) in [5.74, 6) is -1.09. The van der Waals surface area contributed by atoms with Crippen molar-refractivity contribution in [1.82, 2.24) is 0 Å². The molecule has 0 unspecified atom stereocenters. The van der Waals surface area contributed by atoms with Crippen LogP contribution in [0, 0.1) is 0 Å². The van der Waals surface area contributed by atoms with Crippen molar-refractivity contribution in [3.63, 3.8) is 0 Å². The molecule has 32 heavy (non-hydrogen) atoms. The lowest BCUT2D eigenvalue weighted by molar-refractivity contribution is -0.114. The van der Waals surface area contributed by atoms with Gasteiger partial charge in [-0.25, -0.2) is 4.79 Å². The smallest absolute Gasteiger partial charge is 0.341 e. The summed E-state index contributed by atoms with van der Waals surface area (Å²) in [4.78, 5) is 36.8. The van der Waals surface area contributed by atoms with Crippen LogP contribution in [0.5, 0.6) is 0 Å². The zero-order valence-corrected chi connectivity index (χ0v) is 18.8. The summed E-state index contributed by atoms with van der Waals surface area (Å²) in [5, 5.41) is 7.81. The lowest BCUT2D eigenvalue weighted by atomic mass is 9.89. The fourth-order valence-electron chi connectivity index (χ4n) is 3.98. The first-order valence-electron chi connectivity index (χ1n) is 10.5. The maximum atomic E-state index is 12.9. The second-order valence-electron chi connectivity index (χ2n) is 7.75. The summed E-state index contributed by atoms with van der Waals surface area (Å²) in [7, 11) is 1.33. The van der Waals surface area contributed by atoms with Gasteiger partial charge in [-0.1, -0.05) is 24.3 Å². The summed E-state index contributed by atoms with van der Waals surface area (Å²) >= 11 is 1.29. The van der Waals surface area contributed by atoms with Crippen molar-refractivity contribution in [1.29, 1.82) is 0 Å². The van der Waals surface area contributed by atoms with E-state index >= 15 is 0 Å². The number of amides is 2. The molecular weight excluding hydrogens is 424 g/mol. The van der Waals surface area contributed by atoms with E-state index in [0.717, 1.165) is 24.0 Å². The predicted molar refractivity (Wildman–Crippen MR) is 126 cm³/mol. The number of thiophene rings is 1. The number of ether oxygens (including phenoxy) is 1. The summed E-state index contributed by atoms with van der Waals surface area (Å²) in [6, 6.07) is 12.9. The number of esters is 1. The maximum absolute atomic E-state index is 12.9. The molecule has 164 valence electrons. The van der Waals surface area contributed by atoms with Crippen molar-refractivity contribution in [3.8, 4) is 11.1 Å². The Bertz CT molecular complexity index is 1200. The Morgan fingerprint density at radius 1 is 0.969 bits per heavy atom. The topological polar surface area (TPSA) is 84.5 Å². The van der Waals surface area contributed by atoms with Crippen LogP contribution in [0.3, 0.4) is 0 Å². The van der Waals surface area contributed by atoms with E-state index in [9.17, 15) is 14.4 Å². The number of fused-ring (bicyclic) bond motifs is 1. The molecule has 0 spiro atoms. The molecule has 1 aliphatic rings. The van der Waals surface area contributed by atoms with E-state index in [0.29, 0.717) is 21.8 Å². The Kier molecular flexibility index (Phi) is 6.37. The van der Waals surface area contributed by atoms with E-state index in [1.165, 1.54) is 49.3 Å². The van der Waals surface area contributed by atoms with Crippen molar-refractivity contribution in [2.24, 2.45) is 0 Å². The summed E-state index contributed by atoms with van der Waals surface area (Å²) in [6.07, 6.45) is 4.50. The van der Waals surface area contributed by atoms with Gasteiger partial charge in [-0.05, 0) is 60.6 Å². The third-order valence-corrected chi connectivity index (χ3v) is 6.41. The standard InChI is InChI=1S/C25H24N2O4S/c1-15(28)26-20-9-5-8-19(13-20)23(29)27-24-22(25(30)31-2)21(14-32-24)18-11-10-16-6-3-4-7-17(16)12-18/h5,8-14H,3-4,6-7H2,1-2H3,(H,26,28)(H,27,29). The Balaban J connectivity index is 1.65. The molecular formula is C25H24N2O4S. The molecule has 7 heteroatoms. The van der Waals surface area contributed by atoms with Gasteiger partial charge in [-0.2, -0.15) is 0 Å². The normalized spacial score (nSPS) is 12.6. The molecule has 3 aromatic rings. The average Bonchev–Trinajstić information content (AvgIpc) is 3.21. The van der Waals surface area contributed by atoms with Crippen LogP contribution in [0.4, 0.5) is 10.7 Å². The van der Waals surface area contributed by atoms with Crippen LogP contribution in [-0.4, -0.2) is 24.9 Å². The van der Waals surface area contributed by atoms with E-state index in [2.05, 4.69) is 22.8 Å². The van der Waals surface area contributed by atoms with Crippen LogP contribution < -0.4 is 10.6 Å². The molecule has 0 saturated carbocycles. The molecule has 0 bridgehead atoms. The van der Waals surface area contributed by atoms with Gasteiger partial charge < -0.3 is 15.4 Å². The second kappa shape index (κ2) is 9.36. The number of methoxy groups -OCH3 is 1. The van der Waals surface area contributed by atoms with Gasteiger partial charge in [-0.15, -0.1) is 11.3 Å². The summed E-state index contributed by atoms with van der Waals surface area (Å²) < 4.78 is 5.03. The highest BCUT2D eigenvalue weighted by molar-refractivity contribution is 7.15. The SMILES string of the molecule is COC(=O)c1c(-c2ccc3c(c2)CCCC3)csc1NC(=O)c1cccc(NC(C)=O)c1. The number of carbonyl (C=O) groups is 3. The van der Waals surface area contributed by atoms with Crippen LogP contribution in [-0.2, 0) is 22.4 Å². The number of rotatable bonds is 5. The highest BCUT2D eigenvalue weighted by atomic mass is 32.1. The fourth-order valence-corrected chi connectivity index (χ4v) is 4.94. The minimum atomic E-state index is -0.499. The molecule has 0 atom stereocenters. The predicted octanol–water partition coefficient (Wildman–Crippen LogP) is 5.29.